The molecule has 2 atom stereocenters. The molecule has 2 saturated carbocycles. The second-order valence-electron chi connectivity index (χ2n) is 6.95. The molecule has 122 valence electrons. The summed E-state index contributed by atoms with van der Waals surface area (Å²) in [5.41, 5.74) is 2.79. The minimum Gasteiger partial charge on any atom is -0.497 e. The molecule has 2 unspecified atom stereocenters. The van der Waals surface area contributed by atoms with Crippen molar-refractivity contribution in [3.8, 4) is 11.6 Å². The molecule has 1 aromatic heterocycles. The van der Waals surface area contributed by atoms with Crippen molar-refractivity contribution < 1.29 is 9.47 Å². The molecule has 0 saturated heterocycles. The van der Waals surface area contributed by atoms with Gasteiger partial charge in [0, 0.05) is 12.0 Å². The molecule has 0 spiro atoms. The van der Waals surface area contributed by atoms with Crippen molar-refractivity contribution in [2.45, 2.75) is 44.4 Å². The monoisotopic (exact) mass is 312 g/mol. The molecule has 1 heterocycles. The summed E-state index contributed by atoms with van der Waals surface area (Å²) in [5.74, 6) is 3.82. The van der Waals surface area contributed by atoms with E-state index in [1.165, 1.54) is 38.5 Å². The van der Waals surface area contributed by atoms with Crippen LogP contribution in [-0.2, 0) is 0 Å². The number of nitrogens with zero attached hydrogens (tertiary/aromatic N) is 2. The molecule has 0 radical (unpaired) electrons. The lowest BCUT2D eigenvalue weighted by molar-refractivity contribution is 0.390. The third-order valence-corrected chi connectivity index (χ3v) is 5.22. The minimum atomic E-state index is 0.531. The standard InChI is InChI=1S/C19H24N2O2/c1-22-14-8-9-16-17(11-14)21-19(23-2)18(20-16)15-10-13(15)5-3-4-12-6-7-12/h8-9,11-13,15H,3-7,10H2,1-2H3. The number of hydrogen-bond donors (Lipinski definition) is 0. The molecule has 4 heteroatoms. The maximum atomic E-state index is 5.51. The average Bonchev–Trinajstić information content (AvgIpc) is 3.49. The van der Waals surface area contributed by atoms with Crippen molar-refractivity contribution in [3.63, 3.8) is 0 Å². The highest BCUT2D eigenvalue weighted by molar-refractivity contribution is 5.77. The van der Waals surface area contributed by atoms with Gasteiger partial charge in [-0.25, -0.2) is 9.97 Å². The summed E-state index contributed by atoms with van der Waals surface area (Å²) in [4.78, 5) is 9.50. The molecular formula is C19H24N2O2. The summed E-state index contributed by atoms with van der Waals surface area (Å²) in [5, 5.41) is 0. The van der Waals surface area contributed by atoms with E-state index in [2.05, 4.69) is 4.98 Å². The molecule has 0 bridgehead atoms. The summed E-state index contributed by atoms with van der Waals surface area (Å²) in [7, 11) is 3.35. The van der Waals surface area contributed by atoms with Gasteiger partial charge in [-0.1, -0.05) is 25.7 Å². The number of fused-ring (bicyclic) bond motifs is 1. The zero-order chi connectivity index (χ0) is 15.8. The van der Waals surface area contributed by atoms with E-state index in [1.807, 2.05) is 18.2 Å². The van der Waals surface area contributed by atoms with Gasteiger partial charge in [0.05, 0.1) is 25.3 Å². The lowest BCUT2D eigenvalue weighted by atomic mass is 10.1. The quantitative estimate of drug-likeness (QED) is 0.763. The van der Waals surface area contributed by atoms with Crippen molar-refractivity contribution in [1.29, 1.82) is 0 Å². The molecule has 1 aromatic carbocycles. The van der Waals surface area contributed by atoms with Crippen LogP contribution in [0.15, 0.2) is 18.2 Å². The van der Waals surface area contributed by atoms with Gasteiger partial charge < -0.3 is 9.47 Å². The molecule has 2 fully saturated rings. The molecule has 4 rings (SSSR count). The van der Waals surface area contributed by atoms with Crippen molar-refractivity contribution in [2.24, 2.45) is 11.8 Å². The Morgan fingerprint density at radius 1 is 1.04 bits per heavy atom. The number of ether oxygens (including phenoxy) is 2. The number of hydrogen-bond acceptors (Lipinski definition) is 4. The number of benzene rings is 1. The summed E-state index contributed by atoms with van der Waals surface area (Å²) in [6, 6.07) is 5.83. The van der Waals surface area contributed by atoms with Gasteiger partial charge in [-0.3, -0.25) is 0 Å². The fraction of sp³-hybridized carbons (Fsp3) is 0.579. The van der Waals surface area contributed by atoms with Crippen LogP contribution in [0.2, 0.25) is 0 Å². The van der Waals surface area contributed by atoms with Gasteiger partial charge in [0.15, 0.2) is 0 Å². The van der Waals surface area contributed by atoms with Gasteiger partial charge in [-0.05, 0) is 36.8 Å². The first-order valence-electron chi connectivity index (χ1n) is 8.68. The van der Waals surface area contributed by atoms with Crippen LogP contribution in [-0.4, -0.2) is 24.2 Å². The highest BCUT2D eigenvalue weighted by Crippen LogP contribution is 2.52. The van der Waals surface area contributed by atoms with E-state index in [0.29, 0.717) is 11.8 Å². The van der Waals surface area contributed by atoms with Crippen LogP contribution >= 0.6 is 0 Å². The van der Waals surface area contributed by atoms with Gasteiger partial charge in [-0.15, -0.1) is 0 Å². The van der Waals surface area contributed by atoms with E-state index in [0.717, 1.165) is 34.3 Å². The van der Waals surface area contributed by atoms with Crippen LogP contribution < -0.4 is 9.47 Å². The Kier molecular flexibility index (Phi) is 3.83. The predicted molar refractivity (Wildman–Crippen MR) is 90.1 cm³/mol. The minimum absolute atomic E-state index is 0.531. The van der Waals surface area contributed by atoms with E-state index in [-0.39, 0.29) is 0 Å². The summed E-state index contributed by atoms with van der Waals surface area (Å²) in [6.45, 7) is 0. The highest BCUT2D eigenvalue weighted by atomic mass is 16.5. The molecule has 0 aliphatic heterocycles. The first-order valence-corrected chi connectivity index (χ1v) is 8.68. The van der Waals surface area contributed by atoms with Crippen LogP contribution in [0, 0.1) is 11.8 Å². The topological polar surface area (TPSA) is 44.2 Å². The van der Waals surface area contributed by atoms with Crippen LogP contribution in [0.1, 0.15) is 50.1 Å². The fourth-order valence-corrected chi connectivity index (χ4v) is 3.53. The Labute approximate surface area is 137 Å². The lowest BCUT2D eigenvalue weighted by Crippen LogP contribution is -2.00. The van der Waals surface area contributed by atoms with Crippen molar-refractivity contribution in [1.82, 2.24) is 9.97 Å². The number of methoxy groups -OCH3 is 2. The van der Waals surface area contributed by atoms with Gasteiger partial charge in [0.1, 0.15) is 11.4 Å². The lowest BCUT2D eigenvalue weighted by Gasteiger charge is -2.09. The van der Waals surface area contributed by atoms with Crippen LogP contribution in [0.3, 0.4) is 0 Å². The van der Waals surface area contributed by atoms with Crippen molar-refractivity contribution in [2.75, 3.05) is 14.2 Å². The molecule has 2 aliphatic rings. The van der Waals surface area contributed by atoms with Gasteiger partial charge >= 0.3 is 0 Å². The maximum Gasteiger partial charge on any atom is 0.236 e. The van der Waals surface area contributed by atoms with E-state index in [1.54, 1.807) is 14.2 Å². The number of aromatic nitrogens is 2. The third-order valence-electron chi connectivity index (χ3n) is 5.22. The summed E-state index contributed by atoms with van der Waals surface area (Å²) < 4.78 is 10.8. The maximum absolute atomic E-state index is 5.51. The van der Waals surface area contributed by atoms with Crippen LogP contribution in [0.25, 0.3) is 11.0 Å². The smallest absolute Gasteiger partial charge is 0.236 e. The van der Waals surface area contributed by atoms with Gasteiger partial charge in [-0.2, -0.15) is 0 Å². The first-order chi connectivity index (χ1) is 11.3. The van der Waals surface area contributed by atoms with E-state index >= 15 is 0 Å². The summed E-state index contributed by atoms with van der Waals surface area (Å²) in [6.07, 6.45) is 8.27. The van der Waals surface area contributed by atoms with E-state index in [4.69, 9.17) is 14.5 Å². The molecule has 23 heavy (non-hydrogen) atoms. The van der Waals surface area contributed by atoms with Gasteiger partial charge in [0.2, 0.25) is 5.88 Å². The predicted octanol–water partition coefficient (Wildman–Crippen LogP) is 4.33. The molecule has 0 amide bonds. The first kappa shape index (κ1) is 14.7. The van der Waals surface area contributed by atoms with Crippen molar-refractivity contribution >= 4 is 11.0 Å². The van der Waals surface area contributed by atoms with E-state index < -0.39 is 0 Å². The molecule has 4 nitrogen and oxygen atoms in total. The summed E-state index contributed by atoms with van der Waals surface area (Å²) >= 11 is 0. The molecular weight excluding hydrogens is 288 g/mol. The Balaban J connectivity index is 1.52. The zero-order valence-corrected chi connectivity index (χ0v) is 13.9. The Hall–Kier alpha value is -1.84. The third kappa shape index (κ3) is 3.12. The van der Waals surface area contributed by atoms with Gasteiger partial charge in [0.25, 0.3) is 0 Å². The largest absolute Gasteiger partial charge is 0.497 e. The molecule has 2 aliphatic carbocycles. The zero-order valence-electron chi connectivity index (χ0n) is 13.9. The Morgan fingerprint density at radius 2 is 1.91 bits per heavy atom. The van der Waals surface area contributed by atoms with E-state index in [9.17, 15) is 0 Å². The molecule has 2 aromatic rings. The number of rotatable bonds is 7. The normalized spacial score (nSPS) is 23.0. The average molecular weight is 312 g/mol. The molecule has 0 N–H and O–H groups in total. The Morgan fingerprint density at radius 3 is 2.65 bits per heavy atom. The van der Waals surface area contributed by atoms with Crippen LogP contribution in [0.5, 0.6) is 11.6 Å². The van der Waals surface area contributed by atoms with Crippen molar-refractivity contribution in [3.05, 3.63) is 23.9 Å². The second kappa shape index (κ2) is 5.99. The Bertz CT molecular complexity index is 712. The van der Waals surface area contributed by atoms with Crippen LogP contribution in [0.4, 0.5) is 0 Å². The highest BCUT2D eigenvalue weighted by Gasteiger charge is 2.41. The second-order valence-corrected chi connectivity index (χ2v) is 6.95. The fourth-order valence-electron chi connectivity index (χ4n) is 3.53. The SMILES string of the molecule is COc1ccc2nc(C3CC3CCCC3CC3)c(OC)nc2c1.